The topological polar surface area (TPSA) is 12.0 Å². The van der Waals surface area contributed by atoms with Crippen molar-refractivity contribution in [2.75, 3.05) is 5.32 Å². The lowest BCUT2D eigenvalue weighted by Crippen LogP contribution is -1.93. The number of fused-ring (bicyclic) bond motifs is 3. The molecule has 0 aromatic heterocycles. The SMILES string of the molecule is C1=CC2=CCCC=C2c2ccccc2N1. The maximum absolute atomic E-state index is 3.32. The molecule has 1 aliphatic heterocycles. The van der Waals surface area contributed by atoms with E-state index < -0.39 is 0 Å². The summed E-state index contributed by atoms with van der Waals surface area (Å²) in [6.45, 7) is 0. The minimum absolute atomic E-state index is 1.15. The molecule has 0 spiro atoms. The molecule has 1 aliphatic carbocycles. The summed E-state index contributed by atoms with van der Waals surface area (Å²) in [6, 6.07) is 8.47. The fourth-order valence-electron chi connectivity index (χ4n) is 2.18. The quantitative estimate of drug-likeness (QED) is 0.665. The molecule has 15 heavy (non-hydrogen) atoms. The highest BCUT2D eigenvalue weighted by Crippen LogP contribution is 2.35. The molecule has 2 aliphatic rings. The maximum atomic E-state index is 3.32. The smallest absolute Gasteiger partial charge is 0.0459 e. The Morgan fingerprint density at radius 2 is 1.87 bits per heavy atom. The third-order valence-electron chi connectivity index (χ3n) is 2.91. The van der Waals surface area contributed by atoms with Gasteiger partial charge in [0.1, 0.15) is 0 Å². The molecule has 0 amide bonds. The standard InChI is InChI=1S/C14H13N/c1-2-6-12-11(5-1)9-10-15-14-8-4-3-7-13(12)14/h3-10,15H,1-2H2. The minimum Gasteiger partial charge on any atom is -0.361 e. The van der Waals surface area contributed by atoms with Crippen LogP contribution in [0.2, 0.25) is 0 Å². The number of rotatable bonds is 0. The summed E-state index contributed by atoms with van der Waals surface area (Å²) >= 11 is 0. The molecule has 1 aromatic carbocycles. The Hall–Kier alpha value is -1.76. The zero-order valence-corrected chi connectivity index (χ0v) is 8.53. The van der Waals surface area contributed by atoms with Gasteiger partial charge in [-0.05, 0) is 36.1 Å². The number of para-hydroxylation sites is 1. The number of anilines is 1. The highest BCUT2D eigenvalue weighted by Gasteiger charge is 2.13. The number of hydrogen-bond acceptors (Lipinski definition) is 1. The van der Waals surface area contributed by atoms with Gasteiger partial charge in [-0.3, -0.25) is 0 Å². The zero-order valence-electron chi connectivity index (χ0n) is 8.53. The van der Waals surface area contributed by atoms with Crippen LogP contribution in [0.4, 0.5) is 5.69 Å². The Balaban J connectivity index is 2.21. The van der Waals surface area contributed by atoms with Gasteiger partial charge >= 0.3 is 0 Å². The van der Waals surface area contributed by atoms with Gasteiger partial charge in [0.15, 0.2) is 0 Å². The maximum Gasteiger partial charge on any atom is 0.0459 e. The number of benzene rings is 1. The van der Waals surface area contributed by atoms with Crippen molar-refractivity contribution in [3.05, 3.63) is 59.8 Å². The molecule has 1 heteroatoms. The van der Waals surface area contributed by atoms with Crippen molar-refractivity contribution in [3.63, 3.8) is 0 Å². The van der Waals surface area contributed by atoms with E-state index >= 15 is 0 Å². The van der Waals surface area contributed by atoms with E-state index in [1.807, 2.05) is 6.20 Å². The van der Waals surface area contributed by atoms with E-state index in [-0.39, 0.29) is 0 Å². The summed E-state index contributed by atoms with van der Waals surface area (Å²) in [5.74, 6) is 0. The summed E-state index contributed by atoms with van der Waals surface area (Å²) in [5, 5.41) is 3.32. The van der Waals surface area contributed by atoms with E-state index in [4.69, 9.17) is 0 Å². The molecule has 74 valence electrons. The lowest BCUT2D eigenvalue weighted by Gasteiger charge is -2.14. The van der Waals surface area contributed by atoms with Crippen LogP contribution >= 0.6 is 0 Å². The van der Waals surface area contributed by atoms with Crippen molar-refractivity contribution >= 4 is 11.3 Å². The lowest BCUT2D eigenvalue weighted by molar-refractivity contribution is 1.03. The molecule has 1 heterocycles. The van der Waals surface area contributed by atoms with Gasteiger partial charge in [-0.25, -0.2) is 0 Å². The van der Waals surface area contributed by atoms with Gasteiger partial charge in [0, 0.05) is 17.5 Å². The Morgan fingerprint density at radius 3 is 2.87 bits per heavy atom. The number of nitrogens with one attached hydrogen (secondary N) is 1. The predicted molar refractivity (Wildman–Crippen MR) is 64.5 cm³/mol. The van der Waals surface area contributed by atoms with Crippen molar-refractivity contribution in [2.45, 2.75) is 12.8 Å². The second kappa shape index (κ2) is 3.43. The van der Waals surface area contributed by atoms with Gasteiger partial charge in [-0.1, -0.05) is 30.4 Å². The largest absolute Gasteiger partial charge is 0.361 e. The van der Waals surface area contributed by atoms with Crippen LogP contribution in [0, 0.1) is 0 Å². The molecule has 0 bridgehead atoms. The van der Waals surface area contributed by atoms with Crippen LogP contribution in [0.5, 0.6) is 0 Å². The second-order valence-corrected chi connectivity index (χ2v) is 3.88. The third kappa shape index (κ3) is 1.40. The average Bonchev–Trinajstić information content (AvgIpc) is 2.48. The molecule has 1 aromatic rings. The highest BCUT2D eigenvalue weighted by molar-refractivity contribution is 5.89. The van der Waals surface area contributed by atoms with E-state index in [9.17, 15) is 0 Å². The van der Waals surface area contributed by atoms with Crippen LogP contribution in [-0.2, 0) is 0 Å². The second-order valence-electron chi connectivity index (χ2n) is 3.88. The summed E-state index contributed by atoms with van der Waals surface area (Å²) in [7, 11) is 0. The monoisotopic (exact) mass is 195 g/mol. The third-order valence-corrected chi connectivity index (χ3v) is 2.91. The van der Waals surface area contributed by atoms with Crippen LogP contribution < -0.4 is 5.32 Å². The van der Waals surface area contributed by atoms with E-state index in [2.05, 4.69) is 47.8 Å². The van der Waals surface area contributed by atoms with Gasteiger partial charge in [-0.15, -0.1) is 0 Å². The number of allylic oxidation sites excluding steroid dienone is 5. The van der Waals surface area contributed by atoms with Gasteiger partial charge in [0.25, 0.3) is 0 Å². The van der Waals surface area contributed by atoms with E-state index in [1.54, 1.807) is 0 Å². The van der Waals surface area contributed by atoms with Crippen LogP contribution in [0.1, 0.15) is 18.4 Å². The van der Waals surface area contributed by atoms with Crippen LogP contribution in [-0.4, -0.2) is 0 Å². The van der Waals surface area contributed by atoms with Crippen molar-refractivity contribution in [2.24, 2.45) is 0 Å². The van der Waals surface area contributed by atoms with Crippen molar-refractivity contribution in [1.29, 1.82) is 0 Å². The van der Waals surface area contributed by atoms with Crippen molar-refractivity contribution in [3.8, 4) is 0 Å². The summed E-state index contributed by atoms with van der Waals surface area (Å²) in [6.07, 6.45) is 11.1. The van der Waals surface area contributed by atoms with Crippen LogP contribution in [0.15, 0.2) is 54.3 Å². The van der Waals surface area contributed by atoms with E-state index in [0.717, 1.165) is 12.8 Å². The zero-order chi connectivity index (χ0) is 10.1. The fraction of sp³-hybridized carbons (Fsp3) is 0.143. The van der Waals surface area contributed by atoms with Gasteiger partial charge in [0.05, 0.1) is 0 Å². The molecule has 3 rings (SSSR count). The Kier molecular flexibility index (Phi) is 1.95. The molecule has 0 atom stereocenters. The molecular weight excluding hydrogens is 182 g/mol. The molecule has 1 nitrogen and oxygen atoms in total. The molecule has 0 unspecified atom stereocenters. The normalized spacial score (nSPS) is 17.9. The minimum atomic E-state index is 1.15. The Labute approximate surface area is 89.8 Å². The highest BCUT2D eigenvalue weighted by atomic mass is 14.8. The van der Waals surface area contributed by atoms with E-state index in [1.165, 1.54) is 22.4 Å². The summed E-state index contributed by atoms with van der Waals surface area (Å²) in [4.78, 5) is 0. The summed E-state index contributed by atoms with van der Waals surface area (Å²) < 4.78 is 0. The van der Waals surface area contributed by atoms with Crippen LogP contribution in [0.3, 0.4) is 0 Å². The molecular formula is C14H13N. The molecule has 0 saturated carbocycles. The molecule has 0 fully saturated rings. The first kappa shape index (κ1) is 8.54. The average molecular weight is 195 g/mol. The molecule has 0 saturated heterocycles. The van der Waals surface area contributed by atoms with Gasteiger partial charge in [0.2, 0.25) is 0 Å². The first-order valence-corrected chi connectivity index (χ1v) is 5.38. The lowest BCUT2D eigenvalue weighted by atomic mass is 9.92. The van der Waals surface area contributed by atoms with Gasteiger partial charge < -0.3 is 5.32 Å². The molecule has 0 radical (unpaired) electrons. The summed E-state index contributed by atoms with van der Waals surface area (Å²) in [5.41, 5.74) is 5.23. The van der Waals surface area contributed by atoms with Crippen molar-refractivity contribution in [1.82, 2.24) is 0 Å². The first-order valence-electron chi connectivity index (χ1n) is 5.38. The van der Waals surface area contributed by atoms with Crippen LogP contribution in [0.25, 0.3) is 5.57 Å². The first-order chi connectivity index (χ1) is 7.45. The van der Waals surface area contributed by atoms with Gasteiger partial charge in [-0.2, -0.15) is 0 Å². The fourth-order valence-corrected chi connectivity index (χ4v) is 2.18. The number of hydrogen-bond donors (Lipinski definition) is 1. The predicted octanol–water partition coefficient (Wildman–Crippen LogP) is 3.73. The van der Waals surface area contributed by atoms with E-state index in [0.29, 0.717) is 0 Å². The Bertz CT molecular complexity index is 478. The molecule has 1 N–H and O–H groups in total. The van der Waals surface area contributed by atoms with Crippen molar-refractivity contribution < 1.29 is 0 Å². The Morgan fingerprint density at radius 1 is 1.00 bits per heavy atom.